The molecule has 0 unspecified atom stereocenters. The van der Waals surface area contributed by atoms with Crippen LogP contribution in [0.2, 0.25) is 0 Å². The molecule has 1 aromatic heterocycles. The molecule has 0 aliphatic heterocycles. The number of imidazole rings is 1. The predicted octanol–water partition coefficient (Wildman–Crippen LogP) is 2.47. The summed E-state index contributed by atoms with van der Waals surface area (Å²) in [4.78, 5) is 13.2. The first-order valence-electron chi connectivity index (χ1n) is 5.72. The Morgan fingerprint density at radius 1 is 1.17 bits per heavy atom. The lowest BCUT2D eigenvalue weighted by Gasteiger charge is -2.06. The van der Waals surface area contributed by atoms with Crippen LogP contribution >= 0.6 is 0 Å². The second kappa shape index (κ2) is 5.98. The molecule has 2 rings (SSSR count). The molecule has 1 heterocycles. The summed E-state index contributed by atoms with van der Waals surface area (Å²) in [5, 5.41) is 13.9. The fraction of sp³-hybridized carbons (Fsp3) is 0.0909. The number of hydrogen-bond acceptors (Lipinski definition) is 5. The minimum atomic E-state index is -2.29. The number of hydrazone groups is 1. The van der Waals surface area contributed by atoms with E-state index in [1.165, 1.54) is 7.05 Å². The van der Waals surface area contributed by atoms with Gasteiger partial charge >= 0.3 is 5.95 Å². The normalized spacial score (nSPS) is 11.2. The van der Waals surface area contributed by atoms with Crippen LogP contribution in [0.15, 0.2) is 11.3 Å². The monoisotopic (exact) mass is 335 g/mol. The Kier molecular flexibility index (Phi) is 4.24. The van der Waals surface area contributed by atoms with Gasteiger partial charge in [0, 0.05) is 0 Å². The van der Waals surface area contributed by atoms with Gasteiger partial charge in [0.15, 0.2) is 29.0 Å². The fourth-order valence-corrected chi connectivity index (χ4v) is 1.57. The van der Waals surface area contributed by atoms with Crippen molar-refractivity contribution < 1.29 is 26.9 Å². The van der Waals surface area contributed by atoms with Crippen molar-refractivity contribution in [1.82, 2.24) is 9.55 Å². The number of nitrogens with one attached hydrogen (secondary N) is 1. The Morgan fingerprint density at radius 3 is 2.17 bits per heavy atom. The van der Waals surface area contributed by atoms with Crippen LogP contribution in [-0.2, 0) is 7.05 Å². The Balaban J connectivity index is 2.30. The van der Waals surface area contributed by atoms with E-state index in [1.807, 2.05) is 0 Å². The molecule has 0 aliphatic rings. The topological polar surface area (TPSA) is 85.3 Å². The number of nitrogens with zero attached hydrogens (tertiary/aromatic N) is 4. The van der Waals surface area contributed by atoms with E-state index in [0.717, 1.165) is 17.0 Å². The summed E-state index contributed by atoms with van der Waals surface area (Å²) in [6.45, 7) is 0. The molecule has 0 amide bonds. The summed E-state index contributed by atoms with van der Waals surface area (Å²) in [6, 6.07) is 0. The lowest BCUT2D eigenvalue weighted by atomic mass is 10.2. The lowest BCUT2D eigenvalue weighted by Crippen LogP contribution is -2.07. The predicted molar refractivity (Wildman–Crippen MR) is 67.3 cm³/mol. The molecule has 2 aromatic rings. The fourth-order valence-electron chi connectivity index (χ4n) is 1.57. The van der Waals surface area contributed by atoms with E-state index in [2.05, 4.69) is 10.1 Å². The van der Waals surface area contributed by atoms with Crippen LogP contribution in [0.1, 0.15) is 5.69 Å². The molecule has 0 aliphatic carbocycles. The first-order valence-corrected chi connectivity index (χ1v) is 5.72. The van der Waals surface area contributed by atoms with Crippen LogP contribution in [0.25, 0.3) is 0 Å². The average molecular weight is 335 g/mol. The minimum Gasteiger partial charge on any atom is -0.390 e. The second-order valence-corrected chi connectivity index (χ2v) is 4.11. The van der Waals surface area contributed by atoms with Gasteiger partial charge < -0.3 is 10.1 Å². The smallest absolute Gasteiger partial charge is 0.390 e. The second-order valence-electron chi connectivity index (χ2n) is 4.11. The van der Waals surface area contributed by atoms with Gasteiger partial charge in [0.25, 0.3) is 0 Å². The molecule has 0 saturated heterocycles. The molecule has 12 heteroatoms. The van der Waals surface area contributed by atoms with E-state index in [1.54, 1.807) is 5.43 Å². The summed E-state index contributed by atoms with van der Waals surface area (Å²) in [6.07, 6.45) is 1.89. The van der Waals surface area contributed by atoms with E-state index in [9.17, 15) is 32.1 Å². The summed E-state index contributed by atoms with van der Waals surface area (Å²) in [5.74, 6) is -11.3. The molecular formula is C11H6F5N5O2. The van der Waals surface area contributed by atoms with Crippen LogP contribution in [0.4, 0.5) is 33.6 Å². The van der Waals surface area contributed by atoms with E-state index < -0.39 is 45.6 Å². The minimum absolute atomic E-state index is 0.0491. The van der Waals surface area contributed by atoms with Gasteiger partial charge in [-0.1, -0.05) is 4.98 Å². The Bertz CT molecular complexity index is 791. The van der Waals surface area contributed by atoms with Crippen LogP contribution in [0.5, 0.6) is 0 Å². The van der Waals surface area contributed by atoms with Crippen molar-refractivity contribution in [2.75, 3.05) is 5.43 Å². The van der Waals surface area contributed by atoms with Gasteiger partial charge in [0.2, 0.25) is 5.82 Å². The summed E-state index contributed by atoms with van der Waals surface area (Å²) >= 11 is 0. The van der Waals surface area contributed by atoms with E-state index in [4.69, 9.17) is 0 Å². The number of hydrogen-bond donors (Lipinski definition) is 1. The molecule has 1 N–H and O–H groups in total. The summed E-state index contributed by atoms with van der Waals surface area (Å²) < 4.78 is 66.5. The maximum absolute atomic E-state index is 13.4. The maximum atomic E-state index is 13.4. The summed E-state index contributed by atoms with van der Waals surface area (Å²) in [5.41, 5.74) is 0.363. The molecule has 0 fully saturated rings. The molecule has 122 valence electrons. The van der Waals surface area contributed by atoms with Crippen LogP contribution in [0.3, 0.4) is 0 Å². The number of benzene rings is 1. The molecule has 1 aromatic carbocycles. The molecule has 0 atom stereocenters. The molecule has 23 heavy (non-hydrogen) atoms. The van der Waals surface area contributed by atoms with Gasteiger partial charge in [-0.15, -0.1) is 0 Å². The number of halogens is 5. The highest BCUT2D eigenvalue weighted by atomic mass is 19.2. The third-order valence-electron chi connectivity index (χ3n) is 2.75. The van der Waals surface area contributed by atoms with E-state index in [0.29, 0.717) is 0 Å². The van der Waals surface area contributed by atoms with E-state index in [-0.39, 0.29) is 5.69 Å². The highest BCUT2D eigenvalue weighted by molar-refractivity contribution is 5.78. The van der Waals surface area contributed by atoms with Crippen LogP contribution in [0, 0.1) is 39.2 Å². The molecule has 0 bridgehead atoms. The van der Waals surface area contributed by atoms with Gasteiger partial charge in [-0.3, -0.25) is 5.43 Å². The average Bonchev–Trinajstić information content (AvgIpc) is 2.88. The first-order chi connectivity index (χ1) is 10.8. The lowest BCUT2D eigenvalue weighted by molar-refractivity contribution is -0.396. The molecular weight excluding hydrogens is 329 g/mol. The van der Waals surface area contributed by atoms with Gasteiger partial charge in [-0.2, -0.15) is 5.10 Å². The van der Waals surface area contributed by atoms with Gasteiger partial charge in [-0.05, 0) is 4.92 Å². The zero-order chi connectivity index (χ0) is 17.3. The molecule has 0 spiro atoms. The van der Waals surface area contributed by atoms with Crippen molar-refractivity contribution in [2.24, 2.45) is 12.1 Å². The largest absolute Gasteiger partial charge is 0.434 e. The third kappa shape index (κ3) is 2.82. The van der Waals surface area contributed by atoms with Crippen molar-refractivity contribution >= 4 is 17.9 Å². The maximum Gasteiger partial charge on any atom is 0.434 e. The quantitative estimate of drug-likeness (QED) is 0.232. The van der Waals surface area contributed by atoms with Gasteiger partial charge in [-0.25, -0.2) is 26.5 Å². The number of rotatable bonds is 4. The summed E-state index contributed by atoms with van der Waals surface area (Å²) in [7, 11) is 1.27. The zero-order valence-corrected chi connectivity index (χ0v) is 11.1. The van der Waals surface area contributed by atoms with Crippen LogP contribution in [-0.4, -0.2) is 20.7 Å². The van der Waals surface area contributed by atoms with Crippen LogP contribution < -0.4 is 5.43 Å². The Labute approximate surface area is 124 Å². The van der Waals surface area contributed by atoms with Crippen molar-refractivity contribution in [2.45, 2.75) is 0 Å². The van der Waals surface area contributed by atoms with E-state index >= 15 is 0 Å². The first kappa shape index (κ1) is 16.3. The van der Waals surface area contributed by atoms with Gasteiger partial charge in [0.05, 0.1) is 13.3 Å². The van der Waals surface area contributed by atoms with Crippen molar-refractivity contribution in [1.29, 1.82) is 0 Å². The molecule has 0 radical (unpaired) electrons. The van der Waals surface area contributed by atoms with Crippen molar-refractivity contribution in [3.05, 3.63) is 51.1 Å². The number of anilines is 1. The molecule has 7 nitrogen and oxygen atoms in total. The number of nitro groups is 1. The Hall–Kier alpha value is -3.05. The number of aromatic nitrogens is 2. The highest BCUT2D eigenvalue weighted by Crippen LogP contribution is 2.27. The molecule has 0 saturated carbocycles. The standard InChI is InChI=1S/C11H6F5N5O2/c1-20-4(2-17-11(20)21(22)23)3-18-19-10-8(15)6(13)5(12)7(14)9(10)16/h2-3,19H,1H3/b18-3+. The van der Waals surface area contributed by atoms with Crippen molar-refractivity contribution in [3.63, 3.8) is 0 Å². The zero-order valence-electron chi connectivity index (χ0n) is 11.1. The van der Waals surface area contributed by atoms with Gasteiger partial charge in [0.1, 0.15) is 11.9 Å². The highest BCUT2D eigenvalue weighted by Gasteiger charge is 2.25. The SMILES string of the molecule is Cn1c(/C=N/Nc2c(F)c(F)c(F)c(F)c2F)cnc1[N+](=O)[O-]. The van der Waals surface area contributed by atoms with Crippen molar-refractivity contribution in [3.8, 4) is 0 Å². The third-order valence-corrected chi connectivity index (χ3v) is 2.75. The Morgan fingerprint density at radius 2 is 1.70 bits per heavy atom.